The van der Waals surface area contributed by atoms with Gasteiger partial charge in [-0.1, -0.05) is 0 Å². The zero-order valence-electron chi connectivity index (χ0n) is 11.9. The van der Waals surface area contributed by atoms with E-state index in [-0.39, 0.29) is 11.4 Å². The van der Waals surface area contributed by atoms with Crippen LogP contribution in [0.2, 0.25) is 0 Å². The van der Waals surface area contributed by atoms with Crippen LogP contribution >= 0.6 is 0 Å². The molecule has 0 fully saturated rings. The van der Waals surface area contributed by atoms with Crippen LogP contribution in [0.15, 0.2) is 18.2 Å². The van der Waals surface area contributed by atoms with E-state index in [9.17, 15) is 14.9 Å². The lowest BCUT2D eigenvalue weighted by atomic mass is 10.1. The van der Waals surface area contributed by atoms with Gasteiger partial charge in [0.2, 0.25) is 0 Å². The Labute approximate surface area is 117 Å². The molecule has 0 atom stereocenters. The first-order chi connectivity index (χ1) is 9.31. The lowest BCUT2D eigenvalue weighted by Crippen LogP contribution is -2.38. The Morgan fingerprint density at radius 1 is 1.45 bits per heavy atom. The number of benzene rings is 1. The van der Waals surface area contributed by atoms with E-state index in [0.29, 0.717) is 12.4 Å². The van der Waals surface area contributed by atoms with Crippen LogP contribution in [-0.2, 0) is 9.53 Å². The molecule has 1 rings (SSSR count). The molecule has 0 aliphatic carbocycles. The van der Waals surface area contributed by atoms with E-state index in [0.717, 1.165) is 0 Å². The molecule has 1 amide bonds. The Hall–Kier alpha value is -2.15. The van der Waals surface area contributed by atoms with Gasteiger partial charge in [0.15, 0.2) is 0 Å². The van der Waals surface area contributed by atoms with Gasteiger partial charge in [-0.3, -0.25) is 14.9 Å². The Bertz CT molecular complexity index is 513. The van der Waals surface area contributed by atoms with Crippen molar-refractivity contribution >= 4 is 17.3 Å². The Kier molecular flexibility index (Phi) is 5.04. The molecule has 7 nitrogen and oxygen atoms in total. The molecule has 1 aromatic carbocycles. The van der Waals surface area contributed by atoms with Crippen molar-refractivity contribution in [1.82, 2.24) is 0 Å². The second-order valence-corrected chi connectivity index (χ2v) is 4.54. The summed E-state index contributed by atoms with van der Waals surface area (Å²) < 4.78 is 10.2. The van der Waals surface area contributed by atoms with Crippen molar-refractivity contribution < 1.29 is 19.2 Å². The highest BCUT2D eigenvalue weighted by Gasteiger charge is 2.29. The van der Waals surface area contributed by atoms with Gasteiger partial charge in [0.05, 0.1) is 17.6 Å². The average Bonchev–Trinajstić information content (AvgIpc) is 2.40. The van der Waals surface area contributed by atoms with Gasteiger partial charge in [-0.05, 0) is 32.9 Å². The number of ether oxygens (including phenoxy) is 2. The molecule has 0 bridgehead atoms. The molecule has 0 saturated heterocycles. The number of nitro groups is 1. The zero-order valence-corrected chi connectivity index (χ0v) is 11.9. The molecule has 0 saturated carbocycles. The van der Waals surface area contributed by atoms with Gasteiger partial charge in [0.1, 0.15) is 17.0 Å². The second kappa shape index (κ2) is 6.33. The van der Waals surface area contributed by atoms with Gasteiger partial charge in [-0.15, -0.1) is 0 Å². The number of carbonyl (C=O) groups excluding carboxylic acids is 1. The molecule has 0 aliphatic heterocycles. The van der Waals surface area contributed by atoms with Gasteiger partial charge in [-0.2, -0.15) is 0 Å². The molecule has 20 heavy (non-hydrogen) atoms. The minimum atomic E-state index is -1.08. The molecule has 0 aromatic heterocycles. The van der Waals surface area contributed by atoms with E-state index < -0.39 is 16.4 Å². The zero-order chi connectivity index (χ0) is 15.3. The highest BCUT2D eigenvalue weighted by Crippen LogP contribution is 2.29. The number of hydrogen-bond donors (Lipinski definition) is 1. The summed E-state index contributed by atoms with van der Waals surface area (Å²) in [4.78, 5) is 22.4. The van der Waals surface area contributed by atoms with Gasteiger partial charge in [-0.25, -0.2) is 0 Å². The predicted octanol–water partition coefficient (Wildman–Crippen LogP) is 2.36. The Balaban J connectivity index is 3.06. The van der Waals surface area contributed by atoms with Crippen LogP contribution in [-0.4, -0.2) is 30.1 Å². The van der Waals surface area contributed by atoms with Gasteiger partial charge in [0.25, 0.3) is 11.6 Å². The molecule has 0 radical (unpaired) electrons. The quantitative estimate of drug-likeness (QED) is 0.639. The lowest BCUT2D eigenvalue weighted by molar-refractivity contribution is -0.384. The first-order valence-corrected chi connectivity index (χ1v) is 6.09. The largest absolute Gasteiger partial charge is 0.494 e. The van der Waals surface area contributed by atoms with E-state index in [4.69, 9.17) is 9.47 Å². The van der Waals surface area contributed by atoms with Crippen molar-refractivity contribution in [2.24, 2.45) is 0 Å². The monoisotopic (exact) mass is 282 g/mol. The van der Waals surface area contributed by atoms with Gasteiger partial charge < -0.3 is 14.8 Å². The normalized spacial score (nSPS) is 11.0. The summed E-state index contributed by atoms with van der Waals surface area (Å²) in [6, 6.07) is 4.28. The summed E-state index contributed by atoms with van der Waals surface area (Å²) in [5.74, 6) is -0.0875. The van der Waals surface area contributed by atoms with Crippen LogP contribution in [0.5, 0.6) is 5.75 Å². The molecule has 1 aromatic rings. The molecule has 0 unspecified atom stereocenters. The van der Waals surface area contributed by atoms with Crippen molar-refractivity contribution in [2.45, 2.75) is 26.4 Å². The number of hydrogen-bond acceptors (Lipinski definition) is 5. The Morgan fingerprint density at radius 3 is 2.60 bits per heavy atom. The van der Waals surface area contributed by atoms with Crippen molar-refractivity contribution in [2.75, 3.05) is 19.0 Å². The van der Waals surface area contributed by atoms with Crippen LogP contribution in [0.25, 0.3) is 0 Å². The highest BCUT2D eigenvalue weighted by atomic mass is 16.6. The number of nitrogens with zero attached hydrogens (tertiary/aromatic N) is 1. The van der Waals surface area contributed by atoms with Gasteiger partial charge in [0, 0.05) is 7.11 Å². The third-order valence-corrected chi connectivity index (χ3v) is 2.78. The van der Waals surface area contributed by atoms with E-state index in [1.165, 1.54) is 19.2 Å². The third-order valence-electron chi connectivity index (χ3n) is 2.78. The molecule has 0 aliphatic rings. The van der Waals surface area contributed by atoms with Crippen LogP contribution in [0.1, 0.15) is 20.8 Å². The highest BCUT2D eigenvalue weighted by molar-refractivity contribution is 5.98. The topological polar surface area (TPSA) is 90.7 Å². The molecule has 0 heterocycles. The number of nitrogens with one attached hydrogen (secondary N) is 1. The maximum atomic E-state index is 12.0. The number of carbonyl (C=O) groups is 1. The number of nitro benzene ring substituents is 1. The predicted molar refractivity (Wildman–Crippen MR) is 74.0 cm³/mol. The van der Waals surface area contributed by atoms with E-state index in [2.05, 4.69) is 5.32 Å². The van der Waals surface area contributed by atoms with Crippen molar-refractivity contribution in [3.63, 3.8) is 0 Å². The van der Waals surface area contributed by atoms with E-state index in [1.54, 1.807) is 26.8 Å². The average molecular weight is 282 g/mol. The number of rotatable bonds is 6. The number of anilines is 1. The standard InChI is InChI=1S/C13H18N2O5/c1-5-20-9-6-7-10(11(8-9)15(17)18)14-12(16)13(2,3)19-4/h6-8H,5H2,1-4H3,(H,14,16). The van der Waals surface area contributed by atoms with E-state index >= 15 is 0 Å². The van der Waals surface area contributed by atoms with Crippen molar-refractivity contribution in [3.8, 4) is 5.75 Å². The molecule has 110 valence electrons. The summed E-state index contributed by atoms with van der Waals surface area (Å²) >= 11 is 0. The van der Waals surface area contributed by atoms with Crippen LogP contribution < -0.4 is 10.1 Å². The summed E-state index contributed by atoms with van der Waals surface area (Å²) in [6.07, 6.45) is 0. The van der Waals surface area contributed by atoms with Crippen LogP contribution in [0.4, 0.5) is 11.4 Å². The number of methoxy groups -OCH3 is 1. The Morgan fingerprint density at radius 2 is 2.10 bits per heavy atom. The van der Waals surface area contributed by atoms with Crippen LogP contribution in [0.3, 0.4) is 0 Å². The molecule has 1 N–H and O–H groups in total. The van der Waals surface area contributed by atoms with Crippen LogP contribution in [0, 0.1) is 10.1 Å². The second-order valence-electron chi connectivity index (χ2n) is 4.54. The maximum Gasteiger partial charge on any atom is 0.296 e. The maximum absolute atomic E-state index is 12.0. The fraction of sp³-hybridized carbons (Fsp3) is 0.462. The first kappa shape index (κ1) is 15.9. The smallest absolute Gasteiger partial charge is 0.296 e. The van der Waals surface area contributed by atoms with Gasteiger partial charge >= 0.3 is 0 Å². The van der Waals surface area contributed by atoms with Crippen molar-refractivity contribution in [3.05, 3.63) is 28.3 Å². The summed E-state index contributed by atoms with van der Waals surface area (Å²) in [7, 11) is 1.40. The minimum Gasteiger partial charge on any atom is -0.494 e. The van der Waals surface area contributed by atoms with Crippen molar-refractivity contribution in [1.29, 1.82) is 0 Å². The minimum absolute atomic E-state index is 0.105. The summed E-state index contributed by atoms with van der Waals surface area (Å²) in [5, 5.41) is 13.5. The first-order valence-electron chi connectivity index (χ1n) is 6.09. The number of amides is 1. The van der Waals surface area contributed by atoms with E-state index in [1.807, 2.05) is 0 Å². The summed E-state index contributed by atoms with van der Waals surface area (Å²) in [5.41, 5.74) is -1.20. The summed E-state index contributed by atoms with van der Waals surface area (Å²) in [6.45, 7) is 5.33. The fourth-order valence-electron chi connectivity index (χ4n) is 1.39. The molecular weight excluding hydrogens is 264 g/mol. The third kappa shape index (κ3) is 3.67. The lowest BCUT2D eigenvalue weighted by Gasteiger charge is -2.21. The SMILES string of the molecule is CCOc1ccc(NC(=O)C(C)(C)OC)c([N+](=O)[O-])c1. The molecular formula is C13H18N2O5. The fourth-order valence-corrected chi connectivity index (χ4v) is 1.39. The molecule has 0 spiro atoms. The molecule has 7 heteroatoms.